The van der Waals surface area contributed by atoms with Gasteiger partial charge in [0.1, 0.15) is 17.5 Å². The predicted octanol–water partition coefficient (Wildman–Crippen LogP) is 2.22. The molecule has 2 aliphatic heterocycles. The molecule has 2 heterocycles. The lowest BCUT2D eigenvalue weighted by Gasteiger charge is -2.37. The van der Waals surface area contributed by atoms with Crippen molar-refractivity contribution in [1.29, 1.82) is 0 Å². The molecule has 6 nitrogen and oxygen atoms in total. The van der Waals surface area contributed by atoms with E-state index in [0.717, 1.165) is 5.56 Å². The Morgan fingerprint density at radius 2 is 2.21 bits per heavy atom. The van der Waals surface area contributed by atoms with Gasteiger partial charge in [-0.2, -0.15) is 0 Å². The first-order chi connectivity index (χ1) is 8.91. The minimum atomic E-state index is -0.588. The molecule has 19 heavy (non-hydrogen) atoms. The molecule has 2 aliphatic rings. The van der Waals surface area contributed by atoms with Gasteiger partial charge in [-0.05, 0) is 19.9 Å². The Morgan fingerprint density at radius 3 is 2.84 bits per heavy atom. The van der Waals surface area contributed by atoms with Gasteiger partial charge in [0.05, 0.1) is 11.5 Å². The van der Waals surface area contributed by atoms with Gasteiger partial charge in [-0.25, -0.2) is 0 Å². The van der Waals surface area contributed by atoms with E-state index in [1.807, 2.05) is 13.8 Å². The third kappa shape index (κ3) is 1.56. The second-order valence-electron chi connectivity index (χ2n) is 5.35. The third-order valence-corrected chi connectivity index (χ3v) is 4.10. The van der Waals surface area contributed by atoms with Crippen molar-refractivity contribution in [2.24, 2.45) is 0 Å². The Kier molecular flexibility index (Phi) is 2.40. The minimum Gasteiger partial charge on any atom is -0.482 e. The third-order valence-electron chi connectivity index (χ3n) is 4.10. The molecule has 0 radical (unpaired) electrons. The fourth-order valence-corrected chi connectivity index (χ4v) is 2.71. The van der Waals surface area contributed by atoms with Gasteiger partial charge in [-0.3, -0.25) is 10.1 Å². The maximum Gasteiger partial charge on any atom is 0.270 e. The highest BCUT2D eigenvalue weighted by molar-refractivity contribution is 5.51. The second kappa shape index (κ2) is 3.68. The molecule has 0 saturated carbocycles. The van der Waals surface area contributed by atoms with Crippen LogP contribution in [0, 0.1) is 10.1 Å². The number of hydrogen-bond donors (Lipinski definition) is 0. The molecule has 0 aromatic heterocycles. The summed E-state index contributed by atoms with van der Waals surface area (Å²) >= 11 is 0. The average molecular weight is 265 g/mol. The summed E-state index contributed by atoms with van der Waals surface area (Å²) in [5.74, 6) is 0.630. The smallest absolute Gasteiger partial charge is 0.270 e. The number of benzene rings is 1. The summed E-state index contributed by atoms with van der Waals surface area (Å²) in [6.45, 7) is 4.27. The highest BCUT2D eigenvalue weighted by Gasteiger charge is 2.69. The van der Waals surface area contributed by atoms with Crippen LogP contribution in [0.15, 0.2) is 18.2 Å². The monoisotopic (exact) mass is 265 g/mol. The lowest BCUT2D eigenvalue weighted by Crippen LogP contribution is -2.52. The van der Waals surface area contributed by atoms with Gasteiger partial charge in [-0.15, -0.1) is 0 Å². The summed E-state index contributed by atoms with van der Waals surface area (Å²) in [4.78, 5) is 10.4. The van der Waals surface area contributed by atoms with Gasteiger partial charge < -0.3 is 14.2 Å². The number of nitro benzene ring substituents is 1. The molecule has 0 bridgehead atoms. The quantitative estimate of drug-likeness (QED) is 0.476. The zero-order valence-electron chi connectivity index (χ0n) is 11.0. The van der Waals surface area contributed by atoms with Crippen molar-refractivity contribution in [3.8, 4) is 5.75 Å². The SMILES string of the molecule is COCC1(C)Oc2ccc([N+](=O)[O-])cc2C2OC21C. The van der Waals surface area contributed by atoms with Gasteiger partial charge >= 0.3 is 0 Å². The van der Waals surface area contributed by atoms with E-state index >= 15 is 0 Å². The van der Waals surface area contributed by atoms with E-state index < -0.39 is 16.1 Å². The summed E-state index contributed by atoms with van der Waals surface area (Å²) in [5, 5.41) is 10.8. The van der Waals surface area contributed by atoms with E-state index in [0.29, 0.717) is 12.4 Å². The molecule has 3 atom stereocenters. The molecule has 1 aromatic carbocycles. The maximum absolute atomic E-state index is 10.8. The summed E-state index contributed by atoms with van der Waals surface area (Å²) in [6, 6.07) is 4.59. The molecule has 102 valence electrons. The molecule has 1 aromatic rings. The molecule has 0 spiro atoms. The Bertz CT molecular complexity index is 560. The van der Waals surface area contributed by atoms with Crippen molar-refractivity contribution in [2.75, 3.05) is 13.7 Å². The molecule has 1 saturated heterocycles. The zero-order chi connectivity index (χ0) is 13.8. The molecule has 1 fully saturated rings. The van der Waals surface area contributed by atoms with Crippen LogP contribution in [-0.2, 0) is 9.47 Å². The van der Waals surface area contributed by atoms with Crippen LogP contribution in [0.5, 0.6) is 5.75 Å². The number of epoxide rings is 1. The van der Waals surface area contributed by atoms with Crippen LogP contribution >= 0.6 is 0 Å². The highest BCUT2D eigenvalue weighted by atomic mass is 16.7. The average Bonchev–Trinajstić information content (AvgIpc) is 3.04. The van der Waals surface area contributed by atoms with Crippen molar-refractivity contribution >= 4 is 5.69 Å². The van der Waals surface area contributed by atoms with Crippen molar-refractivity contribution in [3.05, 3.63) is 33.9 Å². The Morgan fingerprint density at radius 1 is 1.47 bits per heavy atom. The van der Waals surface area contributed by atoms with Crippen molar-refractivity contribution in [3.63, 3.8) is 0 Å². The van der Waals surface area contributed by atoms with Crippen LogP contribution < -0.4 is 4.74 Å². The van der Waals surface area contributed by atoms with E-state index in [2.05, 4.69) is 0 Å². The zero-order valence-corrected chi connectivity index (χ0v) is 11.0. The second-order valence-corrected chi connectivity index (χ2v) is 5.35. The molecule has 6 heteroatoms. The Balaban J connectivity index is 2.04. The number of fused-ring (bicyclic) bond motifs is 3. The Labute approximate surface area is 110 Å². The molecule has 0 aliphatic carbocycles. The molecule has 0 N–H and O–H groups in total. The first-order valence-corrected chi connectivity index (χ1v) is 6.05. The number of methoxy groups -OCH3 is 1. The number of non-ortho nitro benzene ring substituents is 1. The topological polar surface area (TPSA) is 74.1 Å². The molecule has 3 rings (SSSR count). The first kappa shape index (κ1) is 12.4. The van der Waals surface area contributed by atoms with E-state index in [1.54, 1.807) is 13.2 Å². The standard InChI is InChI=1S/C13H15NO5/c1-12(7-17-3)13(2)11(19-13)9-6-8(14(15)16)4-5-10(9)18-12/h4-6,11H,7H2,1-3H3. The van der Waals surface area contributed by atoms with E-state index in [-0.39, 0.29) is 11.8 Å². The normalized spacial score (nSPS) is 35.0. The van der Waals surface area contributed by atoms with Crippen LogP contribution in [0.25, 0.3) is 0 Å². The highest BCUT2D eigenvalue weighted by Crippen LogP contribution is 2.62. The number of nitrogens with zero attached hydrogens (tertiary/aromatic N) is 1. The van der Waals surface area contributed by atoms with E-state index in [9.17, 15) is 10.1 Å². The predicted molar refractivity (Wildman–Crippen MR) is 66.2 cm³/mol. The van der Waals surface area contributed by atoms with Gasteiger partial charge in [0.25, 0.3) is 5.69 Å². The van der Waals surface area contributed by atoms with Crippen LogP contribution in [0.2, 0.25) is 0 Å². The lowest BCUT2D eigenvalue weighted by atomic mass is 9.82. The molecule has 3 unspecified atom stereocenters. The van der Waals surface area contributed by atoms with Crippen molar-refractivity contribution < 1.29 is 19.1 Å². The van der Waals surface area contributed by atoms with Crippen LogP contribution in [-0.4, -0.2) is 29.8 Å². The summed E-state index contributed by atoms with van der Waals surface area (Å²) in [6.07, 6.45) is -0.170. The van der Waals surface area contributed by atoms with Crippen LogP contribution in [0.3, 0.4) is 0 Å². The number of nitro groups is 1. The van der Waals surface area contributed by atoms with Gasteiger partial charge in [-0.1, -0.05) is 0 Å². The van der Waals surface area contributed by atoms with Crippen molar-refractivity contribution in [1.82, 2.24) is 0 Å². The lowest BCUT2D eigenvalue weighted by molar-refractivity contribution is -0.385. The number of hydrogen-bond acceptors (Lipinski definition) is 5. The molecule has 0 amide bonds. The maximum atomic E-state index is 10.8. The largest absolute Gasteiger partial charge is 0.482 e. The van der Waals surface area contributed by atoms with Crippen molar-refractivity contribution in [2.45, 2.75) is 31.2 Å². The fourth-order valence-electron chi connectivity index (χ4n) is 2.71. The van der Waals surface area contributed by atoms with Crippen LogP contribution in [0.4, 0.5) is 5.69 Å². The van der Waals surface area contributed by atoms with E-state index in [1.165, 1.54) is 12.1 Å². The molecular weight excluding hydrogens is 250 g/mol. The Hall–Kier alpha value is -1.66. The molecular formula is C13H15NO5. The summed E-state index contributed by atoms with van der Waals surface area (Å²) in [7, 11) is 1.61. The van der Waals surface area contributed by atoms with Crippen LogP contribution in [0.1, 0.15) is 25.5 Å². The number of rotatable bonds is 3. The summed E-state index contributed by atoms with van der Waals surface area (Å²) < 4.78 is 17.0. The van der Waals surface area contributed by atoms with Gasteiger partial charge in [0, 0.05) is 24.8 Å². The van der Waals surface area contributed by atoms with Gasteiger partial charge in [0.2, 0.25) is 0 Å². The fraction of sp³-hybridized carbons (Fsp3) is 0.538. The first-order valence-electron chi connectivity index (χ1n) is 6.05. The van der Waals surface area contributed by atoms with E-state index in [4.69, 9.17) is 14.2 Å². The minimum absolute atomic E-state index is 0.0514. The number of ether oxygens (including phenoxy) is 3. The van der Waals surface area contributed by atoms with Gasteiger partial charge in [0.15, 0.2) is 5.60 Å². The summed E-state index contributed by atoms with van der Waals surface area (Å²) in [5.41, 5.74) is -0.290.